The molecule has 84 heavy (non-hydrogen) atoms. The number of unbranched alkanes of at least 4 members (excludes halogenated alkanes) is 30. The van der Waals surface area contributed by atoms with Crippen LogP contribution in [0.3, 0.4) is 0 Å². The molecular weight excluding hydrogens is 1080 g/mol. The fraction of sp³-hybridized carbons (Fsp3) is 0.892. The molecule has 0 aromatic heterocycles. The second-order valence-electron chi connectivity index (χ2n) is 23.9. The van der Waals surface area contributed by atoms with Gasteiger partial charge in [0.2, 0.25) is 5.91 Å². The van der Waals surface area contributed by atoms with Crippen LogP contribution in [0.2, 0.25) is 0 Å². The van der Waals surface area contributed by atoms with Gasteiger partial charge < -0.3 is 89.9 Å². The van der Waals surface area contributed by atoms with E-state index in [2.05, 4.69) is 43.5 Å². The minimum atomic E-state index is -1.98. The Morgan fingerprint density at radius 1 is 0.417 bits per heavy atom. The molecule has 19 nitrogen and oxygen atoms in total. The van der Waals surface area contributed by atoms with Crippen LogP contribution in [0.5, 0.6) is 0 Å². The third kappa shape index (κ3) is 30.5. The minimum absolute atomic E-state index is 0.236. The summed E-state index contributed by atoms with van der Waals surface area (Å²) in [7, 11) is 0. The van der Waals surface area contributed by atoms with E-state index in [-0.39, 0.29) is 18.9 Å². The zero-order valence-electron chi connectivity index (χ0n) is 51.6. The fourth-order valence-electron chi connectivity index (χ4n) is 11.2. The van der Waals surface area contributed by atoms with E-state index in [9.17, 15) is 61.0 Å². The van der Waals surface area contributed by atoms with E-state index >= 15 is 0 Å². The van der Waals surface area contributed by atoms with Crippen molar-refractivity contribution < 1.29 is 89.4 Å². The second kappa shape index (κ2) is 47.9. The molecule has 12 N–H and O–H groups in total. The Labute approximate surface area is 504 Å². The van der Waals surface area contributed by atoms with Gasteiger partial charge in [0.15, 0.2) is 18.9 Å². The van der Waals surface area contributed by atoms with Gasteiger partial charge in [-0.2, -0.15) is 0 Å². The van der Waals surface area contributed by atoms with Crippen molar-refractivity contribution in [1.29, 1.82) is 0 Å². The van der Waals surface area contributed by atoms with E-state index < -0.39 is 124 Å². The lowest BCUT2D eigenvalue weighted by atomic mass is 9.96. The van der Waals surface area contributed by atoms with Crippen molar-refractivity contribution in [3.05, 3.63) is 36.5 Å². The number of aliphatic hydroxyl groups excluding tert-OH is 11. The maximum Gasteiger partial charge on any atom is 0.220 e. The van der Waals surface area contributed by atoms with Gasteiger partial charge >= 0.3 is 0 Å². The summed E-state index contributed by atoms with van der Waals surface area (Å²) in [4.78, 5) is 13.4. The summed E-state index contributed by atoms with van der Waals surface area (Å²) in [6.07, 6.45) is 27.0. The van der Waals surface area contributed by atoms with E-state index in [1.54, 1.807) is 6.08 Å². The van der Waals surface area contributed by atoms with E-state index in [1.807, 2.05) is 6.08 Å². The largest absolute Gasteiger partial charge is 0.394 e. The number of carbonyl (C=O) groups is 1. The van der Waals surface area contributed by atoms with Crippen molar-refractivity contribution >= 4 is 5.91 Å². The molecule has 3 aliphatic rings. The first-order valence-electron chi connectivity index (χ1n) is 33.2. The van der Waals surface area contributed by atoms with Crippen molar-refractivity contribution in [2.45, 2.75) is 343 Å². The summed E-state index contributed by atoms with van der Waals surface area (Å²) in [5.74, 6) is -0.286. The lowest BCUT2D eigenvalue weighted by molar-refractivity contribution is -0.379. The number of ether oxygens (including phenoxy) is 6. The number of hydrogen-bond acceptors (Lipinski definition) is 18. The molecule has 19 heteroatoms. The number of amides is 1. The molecule has 0 aliphatic carbocycles. The average Bonchev–Trinajstić information content (AvgIpc) is 2.79. The highest BCUT2D eigenvalue weighted by Gasteiger charge is 2.53. The fourth-order valence-corrected chi connectivity index (χ4v) is 11.2. The summed E-state index contributed by atoms with van der Waals surface area (Å²) in [5.41, 5.74) is 0. The van der Waals surface area contributed by atoms with Crippen molar-refractivity contribution in [3.8, 4) is 0 Å². The second-order valence-corrected chi connectivity index (χ2v) is 23.9. The summed E-state index contributed by atoms with van der Waals surface area (Å²) in [6.45, 7) is 1.71. The number of aliphatic hydroxyl groups is 11. The van der Waals surface area contributed by atoms with Crippen molar-refractivity contribution in [3.63, 3.8) is 0 Å². The van der Waals surface area contributed by atoms with Crippen molar-refractivity contribution in [2.24, 2.45) is 0 Å². The summed E-state index contributed by atoms with van der Waals surface area (Å²) in [5, 5.41) is 120. The van der Waals surface area contributed by atoms with Gasteiger partial charge in [0.1, 0.15) is 73.2 Å². The highest BCUT2D eigenvalue weighted by atomic mass is 16.8. The Balaban J connectivity index is 1.46. The molecule has 3 heterocycles. The quantitative estimate of drug-likeness (QED) is 0.0205. The van der Waals surface area contributed by atoms with Gasteiger partial charge in [0, 0.05) is 6.42 Å². The highest BCUT2D eigenvalue weighted by Crippen LogP contribution is 2.33. The topological polar surface area (TPSA) is 307 Å². The van der Waals surface area contributed by atoms with Gasteiger partial charge in [0.25, 0.3) is 0 Å². The molecule has 0 radical (unpaired) electrons. The molecule has 492 valence electrons. The molecule has 1 amide bonds. The molecule has 3 fully saturated rings. The standard InChI is InChI=1S/C65H119NO18/c1-3-5-7-9-11-13-15-17-19-21-22-23-24-25-26-27-29-31-33-35-37-39-41-43-53(71)66-48(49(70)42-40-38-36-34-32-30-28-20-18-16-14-12-10-8-6-4-2)47-79-63-59(77)56(74)61(51(45-68)81-63)84-65-60(78)57(75)62(52(46-69)82-65)83-64-58(76)55(73)54(72)50(44-67)80-64/h18,20,32,34,40,42,48-52,54-65,67-70,72-78H,3-17,19,21-31,33,35-39,41,43-47H2,1-2H3,(H,66,71)/b20-18+,34-32+,42-40+. The Hall–Kier alpha value is -1.99. The first-order valence-corrected chi connectivity index (χ1v) is 33.2. The van der Waals surface area contributed by atoms with Crippen LogP contribution in [-0.4, -0.2) is 193 Å². The van der Waals surface area contributed by atoms with Crippen LogP contribution in [0.15, 0.2) is 36.5 Å². The number of hydrogen-bond donors (Lipinski definition) is 12. The van der Waals surface area contributed by atoms with Gasteiger partial charge in [-0.25, -0.2) is 0 Å². The Kier molecular flexibility index (Phi) is 43.5. The SMILES string of the molecule is CCCCCCCC/C=C/CC/C=C/CC/C=C/C(O)C(COC1OC(CO)C(OC2OC(CO)C(OC3OC(CO)C(O)C(O)C3O)C(O)C2O)C(O)C1O)NC(=O)CCCCCCCCCCCCCCCCCCCCCCCCC. The smallest absolute Gasteiger partial charge is 0.220 e. The lowest BCUT2D eigenvalue weighted by Crippen LogP contribution is -2.66. The van der Waals surface area contributed by atoms with Crippen LogP contribution in [-0.2, 0) is 33.2 Å². The molecule has 3 aliphatic heterocycles. The van der Waals surface area contributed by atoms with E-state index in [4.69, 9.17) is 28.4 Å². The monoisotopic (exact) mass is 1200 g/mol. The highest BCUT2D eigenvalue weighted by molar-refractivity contribution is 5.76. The lowest BCUT2D eigenvalue weighted by Gasteiger charge is -2.48. The van der Waals surface area contributed by atoms with Gasteiger partial charge in [0.05, 0.1) is 38.6 Å². The molecule has 0 spiro atoms. The summed E-state index contributed by atoms with van der Waals surface area (Å²) in [6, 6.07) is -0.993. The maximum absolute atomic E-state index is 13.4. The normalized spacial score (nSPS) is 29.4. The molecule has 0 saturated carbocycles. The van der Waals surface area contributed by atoms with Crippen LogP contribution in [0, 0.1) is 0 Å². The summed E-state index contributed by atoms with van der Waals surface area (Å²) < 4.78 is 34.3. The average molecular weight is 1200 g/mol. The number of nitrogens with one attached hydrogen (secondary N) is 1. The molecule has 17 atom stereocenters. The van der Waals surface area contributed by atoms with Crippen molar-refractivity contribution in [1.82, 2.24) is 5.32 Å². The molecule has 3 saturated heterocycles. The number of allylic oxidation sites excluding steroid dienone is 5. The minimum Gasteiger partial charge on any atom is -0.394 e. The first-order chi connectivity index (χ1) is 40.8. The van der Waals surface area contributed by atoms with Crippen LogP contribution in [0.25, 0.3) is 0 Å². The summed E-state index contributed by atoms with van der Waals surface area (Å²) >= 11 is 0. The molecule has 0 bridgehead atoms. The Morgan fingerprint density at radius 3 is 1.19 bits per heavy atom. The van der Waals surface area contributed by atoms with E-state index in [1.165, 1.54) is 161 Å². The van der Waals surface area contributed by atoms with Gasteiger partial charge in [-0.15, -0.1) is 0 Å². The molecule has 17 unspecified atom stereocenters. The Bertz CT molecular complexity index is 1670. The van der Waals surface area contributed by atoms with Crippen LogP contribution >= 0.6 is 0 Å². The zero-order chi connectivity index (χ0) is 61.2. The number of rotatable bonds is 50. The molecular formula is C65H119NO18. The van der Waals surface area contributed by atoms with Crippen LogP contribution in [0.1, 0.15) is 239 Å². The van der Waals surface area contributed by atoms with Crippen LogP contribution in [0.4, 0.5) is 0 Å². The maximum atomic E-state index is 13.4. The van der Waals surface area contributed by atoms with E-state index in [0.717, 1.165) is 44.9 Å². The van der Waals surface area contributed by atoms with Gasteiger partial charge in [-0.05, 0) is 44.9 Å². The third-order valence-corrected chi connectivity index (χ3v) is 16.7. The van der Waals surface area contributed by atoms with Crippen LogP contribution < -0.4 is 5.32 Å². The van der Waals surface area contributed by atoms with Gasteiger partial charge in [-0.3, -0.25) is 4.79 Å². The molecule has 3 rings (SSSR count). The number of carbonyl (C=O) groups excluding carboxylic acids is 1. The zero-order valence-corrected chi connectivity index (χ0v) is 51.6. The van der Waals surface area contributed by atoms with Gasteiger partial charge in [-0.1, -0.05) is 224 Å². The third-order valence-electron chi connectivity index (χ3n) is 16.7. The van der Waals surface area contributed by atoms with Crippen molar-refractivity contribution in [2.75, 3.05) is 26.4 Å². The predicted octanol–water partition coefficient (Wildman–Crippen LogP) is 7.66. The predicted molar refractivity (Wildman–Crippen MR) is 323 cm³/mol. The molecule has 0 aromatic rings. The first kappa shape index (κ1) is 76.3. The molecule has 0 aromatic carbocycles. The Morgan fingerprint density at radius 2 is 0.762 bits per heavy atom. The van der Waals surface area contributed by atoms with E-state index in [0.29, 0.717) is 12.8 Å².